The van der Waals surface area contributed by atoms with Crippen LogP contribution in [0.2, 0.25) is 0 Å². The fourth-order valence-electron chi connectivity index (χ4n) is 3.94. The van der Waals surface area contributed by atoms with Crippen LogP contribution in [0.1, 0.15) is 12.0 Å². The van der Waals surface area contributed by atoms with E-state index < -0.39 is 0 Å². The Labute approximate surface area is 168 Å². The van der Waals surface area contributed by atoms with Crippen LogP contribution < -0.4 is 19.7 Å². The highest BCUT2D eigenvalue weighted by Crippen LogP contribution is 2.33. The van der Waals surface area contributed by atoms with Gasteiger partial charge in [0, 0.05) is 24.9 Å². The highest BCUT2D eigenvalue weighted by atomic mass is 16.7. The third-order valence-corrected chi connectivity index (χ3v) is 5.46. The zero-order valence-electron chi connectivity index (χ0n) is 15.8. The lowest BCUT2D eigenvalue weighted by atomic mass is 10.1. The first-order chi connectivity index (χ1) is 14.2. The number of rotatable bonds is 4. The van der Waals surface area contributed by atoms with Gasteiger partial charge in [0.2, 0.25) is 18.6 Å². The van der Waals surface area contributed by atoms with Crippen molar-refractivity contribution in [1.82, 2.24) is 5.32 Å². The van der Waals surface area contributed by atoms with E-state index in [9.17, 15) is 9.59 Å². The van der Waals surface area contributed by atoms with Crippen LogP contribution in [0.15, 0.2) is 60.7 Å². The van der Waals surface area contributed by atoms with E-state index >= 15 is 0 Å². The summed E-state index contributed by atoms with van der Waals surface area (Å²) in [4.78, 5) is 27.1. The molecule has 0 saturated carbocycles. The van der Waals surface area contributed by atoms with Crippen molar-refractivity contribution < 1.29 is 19.1 Å². The summed E-state index contributed by atoms with van der Waals surface area (Å²) < 4.78 is 10.7. The predicted molar refractivity (Wildman–Crippen MR) is 109 cm³/mol. The number of nitrogens with one attached hydrogen (secondary N) is 1. The van der Waals surface area contributed by atoms with Gasteiger partial charge in [0.15, 0.2) is 11.5 Å². The number of hydrogen-bond donors (Lipinski definition) is 1. The number of amides is 2. The summed E-state index contributed by atoms with van der Waals surface area (Å²) >= 11 is 0. The van der Waals surface area contributed by atoms with Crippen molar-refractivity contribution in [2.45, 2.75) is 13.0 Å². The van der Waals surface area contributed by atoms with E-state index in [0.29, 0.717) is 24.6 Å². The van der Waals surface area contributed by atoms with Crippen molar-refractivity contribution in [3.05, 3.63) is 66.2 Å². The average Bonchev–Trinajstić information content (AvgIpc) is 3.37. The maximum Gasteiger partial charge on any atom is 0.231 e. The molecule has 1 fully saturated rings. The molecule has 3 aromatic rings. The highest BCUT2D eigenvalue weighted by Gasteiger charge is 2.35. The number of benzene rings is 3. The molecule has 0 unspecified atom stereocenters. The third-order valence-electron chi connectivity index (χ3n) is 5.46. The Hall–Kier alpha value is -3.54. The van der Waals surface area contributed by atoms with Gasteiger partial charge in [-0.25, -0.2) is 0 Å². The first kappa shape index (κ1) is 17.6. The zero-order valence-corrected chi connectivity index (χ0v) is 15.8. The van der Waals surface area contributed by atoms with Gasteiger partial charge >= 0.3 is 0 Å². The van der Waals surface area contributed by atoms with Crippen LogP contribution >= 0.6 is 0 Å². The van der Waals surface area contributed by atoms with E-state index in [-0.39, 0.29) is 30.9 Å². The minimum Gasteiger partial charge on any atom is -0.454 e. The number of carbonyl (C=O) groups is 2. The minimum absolute atomic E-state index is 0.0235. The van der Waals surface area contributed by atoms with Crippen molar-refractivity contribution in [3.8, 4) is 11.5 Å². The van der Waals surface area contributed by atoms with Crippen molar-refractivity contribution in [1.29, 1.82) is 0 Å². The molecule has 0 aliphatic carbocycles. The smallest absolute Gasteiger partial charge is 0.231 e. The van der Waals surface area contributed by atoms with Gasteiger partial charge in [-0.15, -0.1) is 0 Å². The van der Waals surface area contributed by atoms with Crippen LogP contribution in [-0.4, -0.2) is 25.2 Å². The van der Waals surface area contributed by atoms with Crippen LogP contribution in [0.5, 0.6) is 11.5 Å². The van der Waals surface area contributed by atoms with Gasteiger partial charge in [0.05, 0.1) is 11.6 Å². The van der Waals surface area contributed by atoms with Gasteiger partial charge < -0.3 is 19.7 Å². The molecule has 6 nitrogen and oxygen atoms in total. The standard InChI is InChI=1S/C23H20N2O4/c26-22-11-17(13-25(22)19-7-3-5-16-4-1-2-6-18(16)19)23(27)24-12-15-8-9-20-21(10-15)29-14-28-20/h1-10,17H,11-14H2,(H,24,27)/t17-/m0/s1. The highest BCUT2D eigenvalue weighted by molar-refractivity contribution is 6.06. The molecule has 0 spiro atoms. The van der Waals surface area contributed by atoms with E-state index in [4.69, 9.17) is 9.47 Å². The molecule has 1 atom stereocenters. The zero-order chi connectivity index (χ0) is 19.8. The van der Waals surface area contributed by atoms with Crippen LogP contribution in [-0.2, 0) is 16.1 Å². The van der Waals surface area contributed by atoms with E-state index in [2.05, 4.69) is 5.32 Å². The van der Waals surface area contributed by atoms with Gasteiger partial charge in [0.1, 0.15) is 0 Å². The lowest BCUT2D eigenvalue weighted by molar-refractivity contribution is -0.126. The van der Waals surface area contributed by atoms with Crippen molar-refractivity contribution in [3.63, 3.8) is 0 Å². The third kappa shape index (κ3) is 3.27. The van der Waals surface area contributed by atoms with Crippen LogP contribution in [0.4, 0.5) is 5.69 Å². The predicted octanol–water partition coefficient (Wildman–Crippen LogP) is 3.24. The number of carbonyl (C=O) groups excluding carboxylic acids is 2. The van der Waals surface area contributed by atoms with Gasteiger partial charge in [-0.05, 0) is 29.1 Å². The summed E-state index contributed by atoms with van der Waals surface area (Å²) in [6.45, 7) is 0.994. The molecule has 146 valence electrons. The van der Waals surface area contributed by atoms with E-state index in [1.165, 1.54) is 0 Å². The molecule has 2 aliphatic rings. The SMILES string of the molecule is O=C(NCc1ccc2c(c1)OCO2)[C@H]1CC(=O)N(c2cccc3ccccc23)C1. The Bertz CT molecular complexity index is 1110. The van der Waals surface area contributed by atoms with Crippen molar-refractivity contribution in [2.75, 3.05) is 18.2 Å². The monoisotopic (exact) mass is 388 g/mol. The maximum atomic E-state index is 12.7. The van der Waals surface area contributed by atoms with Gasteiger partial charge in [-0.3, -0.25) is 9.59 Å². The number of hydrogen-bond acceptors (Lipinski definition) is 4. The Morgan fingerprint density at radius 2 is 1.86 bits per heavy atom. The Morgan fingerprint density at radius 1 is 1.03 bits per heavy atom. The first-order valence-electron chi connectivity index (χ1n) is 9.63. The molecular weight excluding hydrogens is 368 g/mol. The number of anilines is 1. The molecule has 0 radical (unpaired) electrons. The van der Waals surface area contributed by atoms with Gasteiger partial charge in [0.25, 0.3) is 0 Å². The Balaban J connectivity index is 1.28. The molecule has 0 aromatic heterocycles. The minimum atomic E-state index is -0.365. The largest absolute Gasteiger partial charge is 0.454 e. The molecular formula is C23H20N2O4. The van der Waals surface area contributed by atoms with E-state index in [1.807, 2.05) is 60.7 Å². The summed E-state index contributed by atoms with van der Waals surface area (Å²) in [6.07, 6.45) is 0.218. The molecule has 2 amide bonds. The second kappa shape index (κ2) is 7.13. The second-order valence-electron chi connectivity index (χ2n) is 7.31. The second-order valence-corrected chi connectivity index (χ2v) is 7.31. The fraction of sp³-hybridized carbons (Fsp3) is 0.217. The number of fused-ring (bicyclic) bond motifs is 2. The van der Waals surface area contributed by atoms with E-state index in [0.717, 1.165) is 22.0 Å². The van der Waals surface area contributed by atoms with Gasteiger partial charge in [-0.1, -0.05) is 42.5 Å². The Kier molecular flexibility index (Phi) is 4.31. The van der Waals surface area contributed by atoms with Crippen LogP contribution in [0.25, 0.3) is 10.8 Å². The fourth-order valence-corrected chi connectivity index (χ4v) is 3.94. The molecule has 1 saturated heterocycles. The molecule has 5 rings (SSSR count). The van der Waals surface area contributed by atoms with Crippen molar-refractivity contribution in [2.24, 2.45) is 5.92 Å². The normalized spacial score (nSPS) is 17.7. The van der Waals surface area contributed by atoms with Gasteiger partial charge in [-0.2, -0.15) is 0 Å². The van der Waals surface area contributed by atoms with E-state index in [1.54, 1.807) is 4.90 Å². The molecule has 29 heavy (non-hydrogen) atoms. The molecule has 3 aromatic carbocycles. The molecule has 0 bridgehead atoms. The summed E-state index contributed by atoms with van der Waals surface area (Å²) in [5, 5.41) is 5.04. The first-order valence-corrected chi connectivity index (χ1v) is 9.63. The number of nitrogens with zero attached hydrogens (tertiary/aromatic N) is 1. The maximum absolute atomic E-state index is 12.7. The summed E-state index contributed by atoms with van der Waals surface area (Å²) in [5.74, 6) is 0.904. The molecule has 2 aliphatic heterocycles. The topological polar surface area (TPSA) is 67.9 Å². The summed E-state index contributed by atoms with van der Waals surface area (Å²) in [7, 11) is 0. The van der Waals surface area contributed by atoms with Crippen LogP contribution in [0.3, 0.4) is 0 Å². The van der Waals surface area contributed by atoms with Crippen molar-refractivity contribution >= 4 is 28.3 Å². The number of ether oxygens (including phenoxy) is 2. The quantitative estimate of drug-likeness (QED) is 0.745. The molecule has 1 N–H and O–H groups in total. The lowest BCUT2D eigenvalue weighted by Gasteiger charge is -2.19. The molecule has 2 heterocycles. The molecule has 6 heteroatoms. The van der Waals surface area contributed by atoms with Crippen LogP contribution in [0, 0.1) is 5.92 Å². The lowest BCUT2D eigenvalue weighted by Crippen LogP contribution is -2.32. The summed E-state index contributed by atoms with van der Waals surface area (Å²) in [6, 6.07) is 19.5. The Morgan fingerprint density at radius 3 is 2.79 bits per heavy atom. The summed E-state index contributed by atoms with van der Waals surface area (Å²) in [5.41, 5.74) is 1.79. The average molecular weight is 388 g/mol.